The lowest BCUT2D eigenvalue weighted by Gasteiger charge is -2.27. The summed E-state index contributed by atoms with van der Waals surface area (Å²) in [5, 5.41) is 14.5. The number of nitrogens with zero attached hydrogens (tertiary/aromatic N) is 1. The fourth-order valence-corrected chi connectivity index (χ4v) is 1.45. The van der Waals surface area contributed by atoms with Crippen molar-refractivity contribution in [3.8, 4) is 6.07 Å². The van der Waals surface area contributed by atoms with Crippen molar-refractivity contribution in [2.75, 3.05) is 13.1 Å². The highest BCUT2D eigenvalue weighted by Gasteiger charge is 2.21. The van der Waals surface area contributed by atoms with Crippen molar-refractivity contribution in [1.29, 1.82) is 5.26 Å². The van der Waals surface area contributed by atoms with Crippen molar-refractivity contribution in [3.05, 3.63) is 0 Å². The Morgan fingerprint density at radius 3 is 2.86 bits per heavy atom. The predicted molar refractivity (Wildman–Crippen MR) is 53.4 cm³/mol. The molecule has 1 aliphatic rings. The van der Waals surface area contributed by atoms with Crippen LogP contribution in [0.3, 0.4) is 0 Å². The first kappa shape index (κ1) is 11.0. The molecule has 1 unspecified atom stereocenters. The van der Waals surface area contributed by atoms with Crippen molar-refractivity contribution in [2.24, 2.45) is 5.92 Å². The molecule has 0 aromatic carbocycles. The van der Waals surface area contributed by atoms with Crippen molar-refractivity contribution >= 4 is 5.91 Å². The van der Waals surface area contributed by atoms with E-state index in [4.69, 9.17) is 5.26 Å². The third-order valence-electron chi connectivity index (χ3n) is 2.54. The lowest BCUT2D eigenvalue weighted by atomic mass is 9.98. The number of hydrogen-bond acceptors (Lipinski definition) is 3. The molecule has 4 heteroatoms. The minimum Gasteiger partial charge on any atom is -0.352 e. The van der Waals surface area contributed by atoms with E-state index in [1.54, 1.807) is 0 Å². The Labute approximate surface area is 84.7 Å². The maximum absolute atomic E-state index is 11.4. The number of nitriles is 1. The lowest BCUT2D eigenvalue weighted by molar-refractivity contribution is -0.123. The topological polar surface area (TPSA) is 64.9 Å². The molecule has 0 bridgehead atoms. The molecule has 1 fully saturated rings. The second-order valence-electron chi connectivity index (χ2n) is 3.76. The first-order valence-corrected chi connectivity index (χ1v) is 5.13. The Morgan fingerprint density at radius 2 is 2.43 bits per heavy atom. The lowest BCUT2D eigenvalue weighted by Crippen LogP contribution is -2.45. The van der Waals surface area contributed by atoms with Crippen LogP contribution in [0.4, 0.5) is 0 Å². The third-order valence-corrected chi connectivity index (χ3v) is 2.54. The Morgan fingerprint density at radius 1 is 1.71 bits per heavy atom. The van der Waals surface area contributed by atoms with Gasteiger partial charge in [-0.3, -0.25) is 4.79 Å². The Balaban J connectivity index is 2.20. The molecule has 0 aliphatic carbocycles. The predicted octanol–water partition coefficient (Wildman–Crippen LogP) is 0.404. The summed E-state index contributed by atoms with van der Waals surface area (Å²) < 4.78 is 0. The van der Waals surface area contributed by atoms with Gasteiger partial charge in [0, 0.05) is 12.5 Å². The molecule has 0 radical (unpaired) electrons. The molecule has 1 saturated heterocycles. The van der Waals surface area contributed by atoms with E-state index in [1.165, 1.54) is 0 Å². The minimum absolute atomic E-state index is 0.0283. The van der Waals surface area contributed by atoms with Crippen molar-refractivity contribution < 1.29 is 4.79 Å². The van der Waals surface area contributed by atoms with Gasteiger partial charge in [0.05, 0.1) is 12.5 Å². The maximum atomic E-state index is 11.4. The second kappa shape index (κ2) is 5.61. The summed E-state index contributed by atoms with van der Waals surface area (Å²) in [4.78, 5) is 11.4. The summed E-state index contributed by atoms with van der Waals surface area (Å²) in [5.74, 6) is 0.577. The maximum Gasteiger partial charge on any atom is 0.220 e. The molecular weight excluding hydrogens is 178 g/mol. The van der Waals surface area contributed by atoms with E-state index in [0.717, 1.165) is 19.5 Å². The van der Waals surface area contributed by atoms with Gasteiger partial charge in [0.15, 0.2) is 0 Å². The number of rotatable bonds is 5. The smallest absolute Gasteiger partial charge is 0.220 e. The molecule has 1 amide bonds. The Bertz CT molecular complexity index is 230. The van der Waals surface area contributed by atoms with Crippen LogP contribution in [0.15, 0.2) is 0 Å². The molecule has 0 aromatic heterocycles. The van der Waals surface area contributed by atoms with Crippen molar-refractivity contribution in [2.45, 2.75) is 32.2 Å². The van der Waals surface area contributed by atoms with Gasteiger partial charge in [-0.15, -0.1) is 0 Å². The standard InChI is InChI=1S/C10H17N3O/c1-2-9(3-4-11)13-10(14)5-8-6-12-7-8/h8-9,12H,2-3,5-7H2,1H3,(H,13,14). The molecule has 2 N–H and O–H groups in total. The first-order chi connectivity index (χ1) is 6.76. The van der Waals surface area contributed by atoms with Gasteiger partial charge in [-0.05, 0) is 25.4 Å². The molecule has 14 heavy (non-hydrogen) atoms. The summed E-state index contributed by atoms with van der Waals surface area (Å²) in [6.45, 7) is 3.87. The number of amides is 1. The zero-order chi connectivity index (χ0) is 10.4. The van der Waals surface area contributed by atoms with E-state index >= 15 is 0 Å². The van der Waals surface area contributed by atoms with Crippen LogP contribution in [0, 0.1) is 17.2 Å². The van der Waals surface area contributed by atoms with Crippen LogP contribution in [0.5, 0.6) is 0 Å². The van der Waals surface area contributed by atoms with E-state index in [2.05, 4.69) is 16.7 Å². The molecule has 0 spiro atoms. The van der Waals surface area contributed by atoms with Gasteiger partial charge in [-0.1, -0.05) is 6.92 Å². The van der Waals surface area contributed by atoms with Gasteiger partial charge in [0.25, 0.3) is 0 Å². The number of carbonyl (C=O) groups excluding carboxylic acids is 1. The molecule has 78 valence electrons. The summed E-state index contributed by atoms with van der Waals surface area (Å²) >= 11 is 0. The fraction of sp³-hybridized carbons (Fsp3) is 0.800. The van der Waals surface area contributed by atoms with E-state index in [-0.39, 0.29) is 11.9 Å². The first-order valence-electron chi connectivity index (χ1n) is 5.13. The van der Waals surface area contributed by atoms with Crippen LogP contribution in [0.2, 0.25) is 0 Å². The van der Waals surface area contributed by atoms with Crippen LogP contribution in [0.1, 0.15) is 26.2 Å². The van der Waals surface area contributed by atoms with Crippen LogP contribution >= 0.6 is 0 Å². The van der Waals surface area contributed by atoms with E-state index < -0.39 is 0 Å². The highest BCUT2D eigenvalue weighted by atomic mass is 16.1. The van der Waals surface area contributed by atoms with Gasteiger partial charge in [-0.2, -0.15) is 5.26 Å². The fourth-order valence-electron chi connectivity index (χ4n) is 1.45. The molecular formula is C10H17N3O. The van der Waals surface area contributed by atoms with Gasteiger partial charge < -0.3 is 10.6 Å². The highest BCUT2D eigenvalue weighted by molar-refractivity contribution is 5.76. The van der Waals surface area contributed by atoms with Crippen LogP contribution in [0.25, 0.3) is 0 Å². The summed E-state index contributed by atoms with van der Waals surface area (Å²) in [6, 6.07) is 2.11. The van der Waals surface area contributed by atoms with Gasteiger partial charge in [-0.25, -0.2) is 0 Å². The van der Waals surface area contributed by atoms with E-state index in [9.17, 15) is 4.79 Å². The zero-order valence-corrected chi connectivity index (χ0v) is 8.55. The highest BCUT2D eigenvalue weighted by Crippen LogP contribution is 2.08. The Kier molecular flexibility index (Phi) is 4.41. The van der Waals surface area contributed by atoms with Crippen LogP contribution in [-0.2, 0) is 4.79 Å². The summed E-state index contributed by atoms with van der Waals surface area (Å²) in [7, 11) is 0. The number of carbonyl (C=O) groups is 1. The van der Waals surface area contributed by atoms with Crippen molar-refractivity contribution in [3.63, 3.8) is 0 Å². The number of nitrogens with one attached hydrogen (secondary N) is 2. The largest absolute Gasteiger partial charge is 0.352 e. The molecule has 0 saturated carbocycles. The number of hydrogen-bond donors (Lipinski definition) is 2. The molecule has 1 aliphatic heterocycles. The quantitative estimate of drug-likeness (QED) is 0.667. The van der Waals surface area contributed by atoms with Crippen LogP contribution in [-0.4, -0.2) is 25.0 Å². The average Bonchev–Trinajstić information content (AvgIpc) is 2.11. The molecule has 0 aromatic rings. The van der Waals surface area contributed by atoms with Gasteiger partial charge in [0.2, 0.25) is 5.91 Å². The molecule has 1 heterocycles. The Hall–Kier alpha value is -1.08. The third kappa shape index (κ3) is 3.35. The molecule has 1 rings (SSSR count). The van der Waals surface area contributed by atoms with E-state index in [0.29, 0.717) is 18.8 Å². The normalized spacial score (nSPS) is 18.0. The van der Waals surface area contributed by atoms with Gasteiger partial charge >= 0.3 is 0 Å². The SMILES string of the molecule is CCC(CC#N)NC(=O)CC1CNC1. The van der Waals surface area contributed by atoms with Crippen LogP contribution < -0.4 is 10.6 Å². The minimum atomic E-state index is 0.0283. The average molecular weight is 195 g/mol. The van der Waals surface area contributed by atoms with Gasteiger partial charge in [0.1, 0.15) is 0 Å². The molecule has 1 atom stereocenters. The van der Waals surface area contributed by atoms with Crippen molar-refractivity contribution in [1.82, 2.24) is 10.6 Å². The summed E-state index contributed by atoms with van der Waals surface area (Å²) in [5.41, 5.74) is 0. The monoisotopic (exact) mass is 195 g/mol. The zero-order valence-electron chi connectivity index (χ0n) is 8.55. The van der Waals surface area contributed by atoms with E-state index in [1.807, 2.05) is 6.92 Å². The second-order valence-corrected chi connectivity index (χ2v) is 3.76. The molecule has 4 nitrogen and oxygen atoms in total. The summed E-state index contributed by atoms with van der Waals surface area (Å²) in [6.07, 6.45) is 1.82.